The Morgan fingerprint density at radius 2 is 1.59 bits per heavy atom. The summed E-state index contributed by atoms with van der Waals surface area (Å²) in [6.45, 7) is 2.81. The van der Waals surface area contributed by atoms with Crippen LogP contribution in [0.15, 0.2) is 100 Å². The van der Waals surface area contributed by atoms with E-state index in [1.165, 1.54) is 24.3 Å². The quantitative estimate of drug-likeness (QED) is 0.196. The fraction of sp³-hybridized carbons (Fsp3) is 0.182. The molecule has 0 bridgehead atoms. The molecule has 2 amide bonds. The Kier molecular flexibility index (Phi) is 9.71. The first kappa shape index (κ1) is 31.4. The number of anilines is 1. The van der Waals surface area contributed by atoms with Gasteiger partial charge >= 0.3 is 6.09 Å². The van der Waals surface area contributed by atoms with Crippen molar-refractivity contribution in [3.8, 4) is 22.8 Å². The molecule has 1 atom stereocenters. The predicted molar refractivity (Wildman–Crippen MR) is 165 cm³/mol. The van der Waals surface area contributed by atoms with Gasteiger partial charge in [0.1, 0.15) is 30.5 Å². The fourth-order valence-corrected chi connectivity index (χ4v) is 4.47. The molecule has 0 aliphatic carbocycles. The molecule has 13 heteroatoms. The molecule has 0 aliphatic heterocycles. The lowest BCUT2D eigenvalue weighted by Gasteiger charge is -2.20. The van der Waals surface area contributed by atoms with Crippen molar-refractivity contribution in [2.24, 2.45) is 5.92 Å². The van der Waals surface area contributed by atoms with E-state index in [4.69, 9.17) is 9.15 Å². The van der Waals surface area contributed by atoms with Crippen molar-refractivity contribution >= 4 is 23.5 Å². The van der Waals surface area contributed by atoms with Gasteiger partial charge in [-0.3, -0.25) is 24.3 Å². The monoisotopic (exact) mass is 624 g/mol. The van der Waals surface area contributed by atoms with E-state index in [1.807, 2.05) is 12.1 Å². The number of rotatable bonds is 11. The zero-order valence-corrected chi connectivity index (χ0v) is 24.8. The minimum atomic E-state index is -1.08. The average Bonchev–Trinajstić information content (AvgIpc) is 3.56. The number of ether oxygens (including phenoxy) is 1. The van der Waals surface area contributed by atoms with Gasteiger partial charge in [-0.25, -0.2) is 14.2 Å². The standard InChI is InChI=1S/C33H29FN6O6/c1-20(2)27(28(42)31-39-38-30(46-31)23-11-7-4-8-12-23)37-26(41)18-40-29(22-13-15-24(34)16-14-22)35-17-25(32(40)43)36-33(44)45-19-21-9-5-3-6-10-21/h3-17,20,27H,18-19H2,1-2H3,(H,36,44)(H,37,41). The fourth-order valence-electron chi connectivity index (χ4n) is 4.47. The number of benzene rings is 3. The van der Waals surface area contributed by atoms with Crippen molar-refractivity contribution in [3.63, 3.8) is 0 Å². The van der Waals surface area contributed by atoms with Gasteiger partial charge in [-0.2, -0.15) is 0 Å². The van der Waals surface area contributed by atoms with E-state index in [-0.39, 0.29) is 29.9 Å². The van der Waals surface area contributed by atoms with Crippen LogP contribution in [0.4, 0.5) is 14.9 Å². The highest BCUT2D eigenvalue weighted by Crippen LogP contribution is 2.20. The molecule has 0 radical (unpaired) electrons. The van der Waals surface area contributed by atoms with E-state index >= 15 is 0 Å². The zero-order chi connectivity index (χ0) is 32.6. The molecule has 3 aromatic carbocycles. The number of aromatic nitrogens is 4. The third kappa shape index (κ3) is 7.56. The highest BCUT2D eigenvalue weighted by Gasteiger charge is 2.30. The van der Waals surface area contributed by atoms with Crippen LogP contribution in [-0.4, -0.2) is 43.6 Å². The molecule has 5 aromatic rings. The van der Waals surface area contributed by atoms with Crippen LogP contribution in [0.25, 0.3) is 22.8 Å². The van der Waals surface area contributed by atoms with E-state index in [1.54, 1.807) is 62.4 Å². The Labute approximate surface area is 262 Å². The van der Waals surface area contributed by atoms with Crippen LogP contribution in [0, 0.1) is 11.7 Å². The Bertz CT molecular complexity index is 1890. The van der Waals surface area contributed by atoms with Crippen molar-refractivity contribution in [2.45, 2.75) is 33.0 Å². The van der Waals surface area contributed by atoms with Crippen molar-refractivity contribution in [1.82, 2.24) is 25.1 Å². The first-order chi connectivity index (χ1) is 22.2. The summed E-state index contributed by atoms with van der Waals surface area (Å²) in [5, 5.41) is 12.8. The number of amides is 2. The molecular formula is C33H29FN6O6. The van der Waals surface area contributed by atoms with E-state index in [0.717, 1.165) is 16.3 Å². The first-order valence-electron chi connectivity index (χ1n) is 14.3. The van der Waals surface area contributed by atoms with Gasteiger partial charge in [0.05, 0.1) is 12.2 Å². The van der Waals surface area contributed by atoms with Gasteiger partial charge in [-0.05, 0) is 47.9 Å². The Morgan fingerprint density at radius 3 is 2.26 bits per heavy atom. The molecule has 0 saturated heterocycles. The summed E-state index contributed by atoms with van der Waals surface area (Å²) in [6, 6.07) is 21.9. The molecule has 46 heavy (non-hydrogen) atoms. The second-order valence-corrected chi connectivity index (χ2v) is 10.5. The number of nitrogens with zero attached hydrogens (tertiary/aromatic N) is 4. The molecule has 5 rings (SSSR count). The lowest BCUT2D eigenvalue weighted by molar-refractivity contribution is -0.122. The van der Waals surface area contributed by atoms with E-state index in [9.17, 15) is 23.6 Å². The van der Waals surface area contributed by atoms with Gasteiger partial charge in [-0.15, -0.1) is 10.2 Å². The maximum Gasteiger partial charge on any atom is 0.412 e. The van der Waals surface area contributed by atoms with E-state index in [0.29, 0.717) is 11.1 Å². The minimum absolute atomic E-state index is 0.0279. The number of Topliss-reactive ketones (excluding diaryl/α,β-unsaturated/α-hetero) is 1. The maximum atomic E-state index is 13.7. The number of hydrogen-bond acceptors (Lipinski definition) is 9. The molecule has 12 nitrogen and oxygen atoms in total. The van der Waals surface area contributed by atoms with Crippen molar-refractivity contribution in [2.75, 3.05) is 5.32 Å². The van der Waals surface area contributed by atoms with Crippen molar-refractivity contribution in [3.05, 3.63) is 119 Å². The van der Waals surface area contributed by atoms with Crippen LogP contribution >= 0.6 is 0 Å². The normalized spacial score (nSPS) is 11.6. The van der Waals surface area contributed by atoms with Gasteiger partial charge in [0.15, 0.2) is 0 Å². The molecule has 2 N–H and O–H groups in total. The van der Waals surface area contributed by atoms with Crippen LogP contribution in [0.3, 0.4) is 0 Å². The van der Waals surface area contributed by atoms with Gasteiger partial charge in [0.2, 0.25) is 17.6 Å². The third-order valence-electron chi connectivity index (χ3n) is 6.82. The summed E-state index contributed by atoms with van der Waals surface area (Å²) < 4.78 is 25.5. The molecule has 234 valence electrons. The number of hydrogen-bond donors (Lipinski definition) is 2. The van der Waals surface area contributed by atoms with Crippen molar-refractivity contribution in [1.29, 1.82) is 0 Å². The van der Waals surface area contributed by atoms with Crippen LogP contribution < -0.4 is 16.2 Å². The SMILES string of the molecule is CC(C)C(NC(=O)Cn1c(-c2ccc(F)cc2)ncc(NC(=O)OCc2ccccc2)c1=O)C(=O)c1nnc(-c2ccccc2)o1. The number of ketones is 1. The second kappa shape index (κ2) is 14.2. The van der Waals surface area contributed by atoms with Crippen molar-refractivity contribution < 1.29 is 27.9 Å². The largest absolute Gasteiger partial charge is 0.444 e. The molecule has 2 aromatic heterocycles. The van der Waals surface area contributed by atoms with Gasteiger partial charge < -0.3 is 14.5 Å². The average molecular weight is 625 g/mol. The van der Waals surface area contributed by atoms with Crippen LogP contribution in [0.1, 0.15) is 30.1 Å². The molecule has 0 aliphatic rings. The van der Waals surface area contributed by atoms with Gasteiger partial charge in [-0.1, -0.05) is 62.4 Å². The van der Waals surface area contributed by atoms with Crippen LogP contribution in [-0.2, 0) is 22.7 Å². The minimum Gasteiger partial charge on any atom is -0.444 e. The zero-order valence-electron chi connectivity index (χ0n) is 24.8. The van der Waals surface area contributed by atoms with Crippen LogP contribution in [0.2, 0.25) is 0 Å². The maximum absolute atomic E-state index is 13.7. The summed E-state index contributed by atoms with van der Waals surface area (Å²) in [5.41, 5.74) is 0.658. The first-order valence-corrected chi connectivity index (χ1v) is 14.3. The summed E-state index contributed by atoms with van der Waals surface area (Å²) in [5.74, 6) is -2.35. The number of halogens is 1. The summed E-state index contributed by atoms with van der Waals surface area (Å²) in [6.07, 6.45) is 0.215. The molecule has 0 fully saturated rings. The summed E-state index contributed by atoms with van der Waals surface area (Å²) in [4.78, 5) is 57.1. The number of nitrogens with one attached hydrogen (secondary N) is 2. The van der Waals surface area contributed by atoms with Gasteiger partial charge in [0.25, 0.3) is 11.4 Å². The Morgan fingerprint density at radius 1 is 0.913 bits per heavy atom. The summed E-state index contributed by atoms with van der Waals surface area (Å²) in [7, 11) is 0. The Balaban J connectivity index is 1.37. The molecule has 1 unspecified atom stereocenters. The van der Waals surface area contributed by atoms with E-state index < -0.39 is 47.7 Å². The highest BCUT2D eigenvalue weighted by atomic mass is 19.1. The molecule has 0 saturated carbocycles. The number of carbonyl (C=O) groups is 3. The molecular weight excluding hydrogens is 595 g/mol. The smallest absolute Gasteiger partial charge is 0.412 e. The third-order valence-corrected chi connectivity index (χ3v) is 6.82. The van der Waals surface area contributed by atoms with Crippen LogP contribution in [0.5, 0.6) is 0 Å². The Hall–Kier alpha value is -5.98. The summed E-state index contributed by atoms with van der Waals surface area (Å²) >= 11 is 0. The topological polar surface area (TPSA) is 158 Å². The molecule has 0 spiro atoms. The predicted octanol–water partition coefficient (Wildman–Crippen LogP) is 4.87. The number of carbonyl (C=O) groups excluding carboxylic acids is 3. The van der Waals surface area contributed by atoms with E-state index in [2.05, 4.69) is 25.8 Å². The highest BCUT2D eigenvalue weighted by molar-refractivity contribution is 5.98. The molecule has 2 heterocycles. The van der Waals surface area contributed by atoms with Gasteiger partial charge in [0, 0.05) is 11.1 Å². The second-order valence-electron chi connectivity index (χ2n) is 10.5. The lowest BCUT2D eigenvalue weighted by Crippen LogP contribution is -2.46. The lowest BCUT2D eigenvalue weighted by atomic mass is 9.99.